The maximum atomic E-state index is 13.4. The molecule has 1 N–H and O–H groups in total. The number of halogens is 3. The summed E-state index contributed by atoms with van der Waals surface area (Å²) in [6.45, 7) is 2.94. The van der Waals surface area contributed by atoms with Crippen LogP contribution in [0.15, 0.2) is 60.7 Å². The van der Waals surface area contributed by atoms with E-state index in [1.807, 2.05) is 59.5 Å². The summed E-state index contributed by atoms with van der Waals surface area (Å²) < 4.78 is 39.1. The first-order chi connectivity index (χ1) is 19.8. The molecule has 1 aliphatic carbocycles. The van der Waals surface area contributed by atoms with Gasteiger partial charge in [0, 0.05) is 36.9 Å². The number of amides is 2. The number of carbonyl (C=O) groups excluding carboxylic acids is 2. The fourth-order valence-electron chi connectivity index (χ4n) is 6.83. The highest BCUT2D eigenvalue weighted by molar-refractivity contribution is 5.99. The Balaban J connectivity index is 1.29. The topological polar surface area (TPSA) is 52.7 Å². The van der Waals surface area contributed by atoms with Gasteiger partial charge in [0.2, 0.25) is 5.91 Å². The van der Waals surface area contributed by atoms with Crippen molar-refractivity contribution in [3.8, 4) is 11.1 Å². The highest BCUT2D eigenvalue weighted by Gasteiger charge is 2.39. The standard InChI is InChI=1S/C33H34F3N3O2/c1-2-3-9-27-28(38-17-15-22(16-18-38)39-19-21-8-4-5-10-23(21)32(39)41)14-13-26-24-11-6-7-12-25(24)30(29(26)27)31(40)37-20-33(34,35)36/h4-8,10-14,22,30H,2-3,9,15-20H2,1H3,(H,37,40). The highest BCUT2D eigenvalue weighted by atomic mass is 19.4. The van der Waals surface area contributed by atoms with E-state index in [1.165, 1.54) is 0 Å². The first-order valence-electron chi connectivity index (χ1n) is 14.5. The predicted octanol–water partition coefficient (Wildman–Crippen LogP) is 6.44. The Labute approximate surface area is 238 Å². The lowest BCUT2D eigenvalue weighted by atomic mass is 9.88. The van der Waals surface area contributed by atoms with Crippen molar-refractivity contribution in [1.29, 1.82) is 0 Å². The van der Waals surface area contributed by atoms with Gasteiger partial charge in [0.25, 0.3) is 5.91 Å². The lowest BCUT2D eigenvalue weighted by molar-refractivity contribution is -0.138. The highest BCUT2D eigenvalue weighted by Crippen LogP contribution is 2.49. The summed E-state index contributed by atoms with van der Waals surface area (Å²) in [6, 6.07) is 19.6. The molecule has 41 heavy (non-hydrogen) atoms. The maximum Gasteiger partial charge on any atom is 0.405 e. The number of nitrogens with one attached hydrogen (secondary N) is 1. The minimum absolute atomic E-state index is 0.102. The average molecular weight is 562 g/mol. The van der Waals surface area contributed by atoms with Crippen LogP contribution in [0.2, 0.25) is 0 Å². The number of anilines is 1. The Kier molecular flexibility index (Phi) is 7.26. The van der Waals surface area contributed by atoms with Gasteiger partial charge in [-0.05, 0) is 71.2 Å². The molecule has 0 bridgehead atoms. The molecule has 2 aliphatic heterocycles. The molecule has 3 aromatic rings. The van der Waals surface area contributed by atoms with E-state index in [-0.39, 0.29) is 11.9 Å². The van der Waals surface area contributed by atoms with Crippen LogP contribution in [0.3, 0.4) is 0 Å². The second-order valence-electron chi connectivity index (χ2n) is 11.3. The number of nitrogens with zero attached hydrogens (tertiary/aromatic N) is 2. The number of fused-ring (bicyclic) bond motifs is 4. The molecule has 6 rings (SSSR count). The summed E-state index contributed by atoms with van der Waals surface area (Å²) in [5.74, 6) is -1.30. The third kappa shape index (κ3) is 5.09. The van der Waals surface area contributed by atoms with Crippen molar-refractivity contribution >= 4 is 17.5 Å². The molecule has 8 heteroatoms. The van der Waals surface area contributed by atoms with Crippen LogP contribution >= 0.6 is 0 Å². The van der Waals surface area contributed by atoms with E-state index in [4.69, 9.17) is 0 Å². The molecule has 1 saturated heterocycles. The molecule has 214 valence electrons. The van der Waals surface area contributed by atoms with Crippen LogP contribution in [0.5, 0.6) is 0 Å². The van der Waals surface area contributed by atoms with E-state index < -0.39 is 24.5 Å². The molecule has 2 amide bonds. The zero-order valence-corrected chi connectivity index (χ0v) is 23.1. The molecule has 0 aromatic heterocycles. The Hall–Kier alpha value is -3.81. The molecule has 2 heterocycles. The lowest BCUT2D eigenvalue weighted by Gasteiger charge is -2.39. The van der Waals surface area contributed by atoms with Gasteiger partial charge in [-0.25, -0.2) is 0 Å². The van der Waals surface area contributed by atoms with Crippen molar-refractivity contribution < 1.29 is 22.8 Å². The van der Waals surface area contributed by atoms with Gasteiger partial charge in [-0.1, -0.05) is 61.9 Å². The molecule has 0 saturated carbocycles. The van der Waals surface area contributed by atoms with Gasteiger partial charge in [-0.2, -0.15) is 13.2 Å². The minimum Gasteiger partial charge on any atom is -0.371 e. The predicted molar refractivity (Wildman–Crippen MR) is 153 cm³/mol. The normalized spacial score (nSPS) is 18.3. The van der Waals surface area contributed by atoms with Crippen molar-refractivity contribution in [1.82, 2.24) is 10.2 Å². The van der Waals surface area contributed by atoms with E-state index in [0.29, 0.717) is 6.54 Å². The number of piperidine rings is 1. The van der Waals surface area contributed by atoms with Crippen LogP contribution in [-0.2, 0) is 17.8 Å². The number of hydrogen-bond donors (Lipinski definition) is 1. The van der Waals surface area contributed by atoms with E-state index in [1.54, 1.807) is 0 Å². The summed E-state index contributed by atoms with van der Waals surface area (Å²) >= 11 is 0. The van der Waals surface area contributed by atoms with Gasteiger partial charge in [-0.15, -0.1) is 0 Å². The number of rotatable bonds is 7. The van der Waals surface area contributed by atoms with Crippen LogP contribution in [0.25, 0.3) is 11.1 Å². The third-order valence-electron chi connectivity index (χ3n) is 8.78. The van der Waals surface area contributed by atoms with Crippen LogP contribution in [0, 0.1) is 0 Å². The Morgan fingerprint density at radius 3 is 2.37 bits per heavy atom. The van der Waals surface area contributed by atoms with E-state index >= 15 is 0 Å². The molecule has 3 aliphatic rings. The van der Waals surface area contributed by atoms with Crippen molar-refractivity contribution in [3.05, 3.63) is 88.5 Å². The SMILES string of the molecule is CCCCc1c(N2CCC(N3Cc4ccccc4C3=O)CC2)ccc2c1C(C(=O)NCC(F)(F)F)c1ccccc1-2. The van der Waals surface area contributed by atoms with Crippen molar-refractivity contribution in [3.63, 3.8) is 0 Å². The van der Waals surface area contributed by atoms with E-state index in [0.717, 1.165) is 89.8 Å². The summed E-state index contributed by atoms with van der Waals surface area (Å²) in [4.78, 5) is 30.8. The molecule has 5 nitrogen and oxygen atoms in total. The van der Waals surface area contributed by atoms with Crippen LogP contribution in [-0.4, -0.2) is 48.6 Å². The zero-order chi connectivity index (χ0) is 28.7. The second kappa shape index (κ2) is 10.9. The molecule has 1 unspecified atom stereocenters. The molecule has 1 fully saturated rings. The smallest absolute Gasteiger partial charge is 0.371 e. The summed E-state index contributed by atoms with van der Waals surface area (Å²) in [7, 11) is 0. The van der Waals surface area contributed by atoms with Gasteiger partial charge in [-0.3, -0.25) is 9.59 Å². The average Bonchev–Trinajstić information content (AvgIpc) is 3.49. The fourth-order valence-corrected chi connectivity index (χ4v) is 6.83. The number of carbonyl (C=O) groups is 2. The van der Waals surface area contributed by atoms with Crippen LogP contribution in [0.4, 0.5) is 18.9 Å². The monoisotopic (exact) mass is 561 g/mol. The molecule has 3 aromatic carbocycles. The molecule has 0 spiro atoms. The van der Waals surface area contributed by atoms with Gasteiger partial charge >= 0.3 is 6.18 Å². The Morgan fingerprint density at radius 2 is 1.66 bits per heavy atom. The van der Waals surface area contributed by atoms with Gasteiger partial charge in [0.05, 0.1) is 5.92 Å². The lowest BCUT2D eigenvalue weighted by Crippen LogP contribution is -2.45. The van der Waals surface area contributed by atoms with Gasteiger partial charge in [0.15, 0.2) is 0 Å². The fraction of sp³-hybridized carbons (Fsp3) is 0.394. The zero-order valence-electron chi connectivity index (χ0n) is 23.1. The quantitative estimate of drug-likeness (QED) is 0.361. The minimum atomic E-state index is -4.48. The number of unbranched alkanes of at least 4 members (excludes halogenated alkanes) is 1. The number of benzene rings is 3. The summed E-state index contributed by atoms with van der Waals surface area (Å²) in [5.41, 5.74) is 7.40. The van der Waals surface area contributed by atoms with Crippen LogP contribution in [0.1, 0.15) is 71.1 Å². The first-order valence-corrected chi connectivity index (χ1v) is 14.5. The number of alkyl halides is 3. The molecule has 0 radical (unpaired) electrons. The van der Waals surface area contributed by atoms with E-state index in [2.05, 4.69) is 23.2 Å². The molecular formula is C33H34F3N3O2. The third-order valence-corrected chi connectivity index (χ3v) is 8.78. The molecular weight excluding hydrogens is 527 g/mol. The Bertz CT molecular complexity index is 1480. The van der Waals surface area contributed by atoms with Crippen LogP contribution < -0.4 is 10.2 Å². The van der Waals surface area contributed by atoms with Gasteiger partial charge < -0.3 is 15.1 Å². The Morgan fingerprint density at radius 1 is 0.951 bits per heavy atom. The number of hydrogen-bond acceptors (Lipinski definition) is 3. The van der Waals surface area contributed by atoms with E-state index in [9.17, 15) is 22.8 Å². The second-order valence-corrected chi connectivity index (χ2v) is 11.3. The maximum absolute atomic E-state index is 13.4. The summed E-state index contributed by atoms with van der Waals surface area (Å²) in [6.07, 6.45) is -0.203. The summed E-state index contributed by atoms with van der Waals surface area (Å²) in [5, 5.41) is 2.16. The van der Waals surface area contributed by atoms with Gasteiger partial charge in [0.1, 0.15) is 6.54 Å². The van der Waals surface area contributed by atoms with Crippen molar-refractivity contribution in [2.45, 2.75) is 63.7 Å². The first kappa shape index (κ1) is 27.4. The molecule has 1 atom stereocenters. The van der Waals surface area contributed by atoms with Crippen molar-refractivity contribution in [2.24, 2.45) is 0 Å². The largest absolute Gasteiger partial charge is 0.405 e. The van der Waals surface area contributed by atoms with Crippen molar-refractivity contribution in [2.75, 3.05) is 24.5 Å².